The molecule has 36 heavy (non-hydrogen) atoms. The molecule has 0 unspecified atom stereocenters. The lowest BCUT2D eigenvalue weighted by molar-refractivity contribution is -0.384. The number of hydrogen-bond acceptors (Lipinski definition) is 7. The lowest BCUT2D eigenvalue weighted by Crippen LogP contribution is -2.35. The summed E-state index contributed by atoms with van der Waals surface area (Å²) < 4.78 is 11.4. The van der Waals surface area contributed by atoms with E-state index in [1.807, 2.05) is 56.3 Å². The molecule has 8 nitrogen and oxygen atoms in total. The average molecular weight is 504 g/mol. The van der Waals surface area contributed by atoms with E-state index in [-0.39, 0.29) is 24.2 Å². The van der Waals surface area contributed by atoms with Gasteiger partial charge in [0, 0.05) is 18.2 Å². The Balaban J connectivity index is 1.53. The van der Waals surface area contributed by atoms with Crippen LogP contribution in [0.1, 0.15) is 25.0 Å². The lowest BCUT2D eigenvalue weighted by atomic mass is 10.1. The molecule has 1 fully saturated rings. The van der Waals surface area contributed by atoms with E-state index in [0.717, 1.165) is 16.8 Å². The van der Waals surface area contributed by atoms with Crippen LogP contribution in [0.25, 0.3) is 6.08 Å². The van der Waals surface area contributed by atoms with Crippen molar-refractivity contribution in [3.05, 3.63) is 98.9 Å². The van der Waals surface area contributed by atoms with Gasteiger partial charge < -0.3 is 9.47 Å². The predicted octanol–water partition coefficient (Wildman–Crippen LogP) is 6.19. The van der Waals surface area contributed by atoms with Crippen molar-refractivity contribution in [2.45, 2.75) is 26.5 Å². The number of hydrogen-bond donors (Lipinski definition) is 0. The molecule has 0 saturated carbocycles. The van der Waals surface area contributed by atoms with E-state index in [1.54, 1.807) is 36.3 Å². The lowest BCUT2D eigenvalue weighted by Gasteiger charge is -2.19. The Morgan fingerprint density at radius 1 is 1.06 bits per heavy atom. The molecule has 3 aromatic carbocycles. The number of benzene rings is 3. The zero-order valence-corrected chi connectivity index (χ0v) is 20.9. The van der Waals surface area contributed by atoms with Crippen molar-refractivity contribution in [2.24, 2.45) is 4.99 Å². The standard InChI is InChI=1S/C27H25N3O5S/c1-18(2)29-26(31)25(36-27(29)28-21-7-5-4-6-8-21)16-20-11-14-23(24(15-20)34-3)35-17-19-9-12-22(13-10-19)30(32)33/h4-16,18H,17H2,1-3H3/b25-16+,28-27?. The molecule has 3 aromatic rings. The van der Waals surface area contributed by atoms with Crippen molar-refractivity contribution < 1.29 is 19.2 Å². The Bertz CT molecular complexity index is 1320. The summed E-state index contributed by atoms with van der Waals surface area (Å²) in [6.07, 6.45) is 1.82. The minimum atomic E-state index is -0.439. The van der Waals surface area contributed by atoms with Gasteiger partial charge in [-0.05, 0) is 79.2 Å². The van der Waals surface area contributed by atoms with Gasteiger partial charge in [0.05, 0.1) is 22.6 Å². The van der Waals surface area contributed by atoms with Gasteiger partial charge in [0.15, 0.2) is 16.7 Å². The van der Waals surface area contributed by atoms with Crippen LogP contribution in [0.2, 0.25) is 0 Å². The quantitative estimate of drug-likeness (QED) is 0.207. The smallest absolute Gasteiger partial charge is 0.269 e. The summed E-state index contributed by atoms with van der Waals surface area (Å²) in [5.41, 5.74) is 2.40. The van der Waals surface area contributed by atoms with E-state index in [1.165, 1.54) is 23.9 Å². The van der Waals surface area contributed by atoms with Crippen molar-refractivity contribution in [1.82, 2.24) is 4.90 Å². The molecule has 0 aliphatic carbocycles. The van der Waals surface area contributed by atoms with E-state index < -0.39 is 4.92 Å². The van der Waals surface area contributed by atoms with Gasteiger partial charge in [0.2, 0.25) is 0 Å². The van der Waals surface area contributed by atoms with Gasteiger partial charge in [0.25, 0.3) is 11.6 Å². The highest BCUT2D eigenvalue weighted by atomic mass is 32.2. The molecule has 1 amide bonds. The second-order valence-electron chi connectivity index (χ2n) is 8.23. The topological polar surface area (TPSA) is 94.3 Å². The Kier molecular flexibility index (Phi) is 7.70. The first-order chi connectivity index (χ1) is 17.4. The first kappa shape index (κ1) is 25.0. The molecule has 9 heteroatoms. The maximum absolute atomic E-state index is 13.2. The van der Waals surface area contributed by atoms with Crippen LogP contribution in [0.4, 0.5) is 11.4 Å². The molecule has 0 radical (unpaired) electrons. The van der Waals surface area contributed by atoms with E-state index in [0.29, 0.717) is 21.6 Å². The van der Waals surface area contributed by atoms with Crippen molar-refractivity contribution in [2.75, 3.05) is 7.11 Å². The summed E-state index contributed by atoms with van der Waals surface area (Å²) in [5.74, 6) is 0.946. The molecule has 1 heterocycles. The molecular weight excluding hydrogens is 478 g/mol. The minimum absolute atomic E-state index is 0.0288. The Labute approximate surface area is 213 Å². The van der Waals surface area contributed by atoms with E-state index in [9.17, 15) is 14.9 Å². The molecule has 1 aliphatic heterocycles. The van der Waals surface area contributed by atoms with Crippen molar-refractivity contribution >= 4 is 40.3 Å². The van der Waals surface area contributed by atoms with Crippen molar-refractivity contribution in [3.63, 3.8) is 0 Å². The highest BCUT2D eigenvalue weighted by Gasteiger charge is 2.35. The Morgan fingerprint density at radius 2 is 1.78 bits per heavy atom. The summed E-state index contributed by atoms with van der Waals surface area (Å²) in [5, 5.41) is 11.5. The number of nitro groups is 1. The highest BCUT2D eigenvalue weighted by Crippen LogP contribution is 2.37. The third kappa shape index (κ3) is 5.75. The predicted molar refractivity (Wildman–Crippen MR) is 142 cm³/mol. The van der Waals surface area contributed by atoms with E-state index in [2.05, 4.69) is 4.99 Å². The number of methoxy groups -OCH3 is 1. The number of nitrogens with zero attached hydrogens (tertiary/aromatic N) is 3. The number of non-ortho nitro benzene ring substituents is 1. The van der Waals surface area contributed by atoms with Crippen LogP contribution in [0.5, 0.6) is 11.5 Å². The zero-order chi connectivity index (χ0) is 25.7. The summed E-state index contributed by atoms with van der Waals surface area (Å²) in [6, 6.07) is 21.1. The Hall–Kier alpha value is -4.11. The normalized spacial score (nSPS) is 15.7. The molecule has 0 aromatic heterocycles. The Morgan fingerprint density at radius 3 is 2.42 bits per heavy atom. The number of amidine groups is 1. The maximum Gasteiger partial charge on any atom is 0.269 e. The van der Waals surface area contributed by atoms with Crippen LogP contribution >= 0.6 is 11.8 Å². The fourth-order valence-electron chi connectivity index (χ4n) is 3.55. The van der Waals surface area contributed by atoms with Crippen molar-refractivity contribution in [1.29, 1.82) is 0 Å². The van der Waals surface area contributed by atoms with Gasteiger partial charge in [-0.1, -0.05) is 24.3 Å². The summed E-state index contributed by atoms with van der Waals surface area (Å²) >= 11 is 1.34. The molecule has 1 saturated heterocycles. The second kappa shape index (κ2) is 11.1. The van der Waals surface area contributed by atoms with Gasteiger partial charge in [-0.25, -0.2) is 4.99 Å². The number of nitro benzene ring substituents is 1. The molecule has 0 spiro atoms. The third-order valence-electron chi connectivity index (χ3n) is 5.36. The zero-order valence-electron chi connectivity index (χ0n) is 20.1. The molecule has 184 valence electrons. The largest absolute Gasteiger partial charge is 0.493 e. The number of thioether (sulfide) groups is 1. The summed E-state index contributed by atoms with van der Waals surface area (Å²) in [6.45, 7) is 4.15. The monoisotopic (exact) mass is 503 g/mol. The first-order valence-electron chi connectivity index (χ1n) is 11.3. The number of carbonyl (C=O) groups is 1. The fourth-order valence-corrected chi connectivity index (χ4v) is 4.67. The molecule has 0 N–H and O–H groups in total. The van der Waals surface area contributed by atoms with Crippen molar-refractivity contribution in [3.8, 4) is 11.5 Å². The summed E-state index contributed by atoms with van der Waals surface area (Å²) in [7, 11) is 1.55. The van der Waals surface area contributed by atoms with E-state index in [4.69, 9.17) is 9.47 Å². The molecule has 4 rings (SSSR count). The second-order valence-corrected chi connectivity index (χ2v) is 9.24. The van der Waals surface area contributed by atoms with Crippen LogP contribution in [0, 0.1) is 10.1 Å². The van der Waals surface area contributed by atoms with E-state index >= 15 is 0 Å². The third-order valence-corrected chi connectivity index (χ3v) is 6.34. The number of aliphatic imine (C=N–C) groups is 1. The van der Waals surface area contributed by atoms with Gasteiger partial charge >= 0.3 is 0 Å². The number of carbonyl (C=O) groups excluding carboxylic acids is 1. The van der Waals surface area contributed by atoms with Crippen LogP contribution in [0.15, 0.2) is 82.7 Å². The molecule has 1 aliphatic rings. The van der Waals surface area contributed by atoms with Gasteiger partial charge in [0.1, 0.15) is 6.61 Å². The number of rotatable bonds is 8. The molecule has 0 bridgehead atoms. The number of amides is 1. The minimum Gasteiger partial charge on any atom is -0.493 e. The average Bonchev–Trinajstić information content (AvgIpc) is 3.18. The van der Waals surface area contributed by atoms with Crippen LogP contribution in [-0.4, -0.2) is 34.0 Å². The fraction of sp³-hybridized carbons (Fsp3) is 0.185. The van der Waals surface area contributed by atoms with Crippen LogP contribution in [-0.2, 0) is 11.4 Å². The van der Waals surface area contributed by atoms with Crippen LogP contribution < -0.4 is 9.47 Å². The highest BCUT2D eigenvalue weighted by molar-refractivity contribution is 8.18. The van der Waals surface area contributed by atoms with Gasteiger partial charge in [-0.2, -0.15) is 0 Å². The van der Waals surface area contributed by atoms with Gasteiger partial charge in [-0.3, -0.25) is 19.8 Å². The SMILES string of the molecule is COc1cc(/C=C2/SC(=Nc3ccccc3)N(C(C)C)C2=O)ccc1OCc1ccc([N+](=O)[O-])cc1. The first-order valence-corrected chi connectivity index (χ1v) is 12.1. The van der Waals surface area contributed by atoms with Crippen LogP contribution in [0.3, 0.4) is 0 Å². The van der Waals surface area contributed by atoms with Gasteiger partial charge in [-0.15, -0.1) is 0 Å². The molecular formula is C27H25N3O5S. The number of ether oxygens (including phenoxy) is 2. The molecule has 0 atom stereocenters. The maximum atomic E-state index is 13.2. The number of para-hydroxylation sites is 1. The summed E-state index contributed by atoms with van der Waals surface area (Å²) in [4.78, 5) is 30.5.